The molecule has 0 spiro atoms. The first-order chi connectivity index (χ1) is 12.5. The summed E-state index contributed by atoms with van der Waals surface area (Å²) < 4.78 is 15.4. The Balaban J connectivity index is 2.04. The quantitative estimate of drug-likeness (QED) is 0.752. The fourth-order valence-electron chi connectivity index (χ4n) is 2.44. The van der Waals surface area contributed by atoms with E-state index in [-0.39, 0.29) is 23.6 Å². The molecule has 2 aromatic carbocycles. The lowest BCUT2D eigenvalue weighted by Gasteiger charge is -2.11. The van der Waals surface area contributed by atoms with Gasteiger partial charge in [0.05, 0.1) is 32.6 Å². The number of methoxy groups -OCH3 is 3. The van der Waals surface area contributed by atoms with Crippen molar-refractivity contribution in [2.45, 2.75) is 12.8 Å². The minimum absolute atomic E-state index is 0.0242. The van der Waals surface area contributed by atoms with Gasteiger partial charge in [0, 0.05) is 6.42 Å². The number of anilines is 1. The van der Waals surface area contributed by atoms with Gasteiger partial charge in [0.2, 0.25) is 5.91 Å². The van der Waals surface area contributed by atoms with Crippen LogP contribution < -0.4 is 19.5 Å². The van der Waals surface area contributed by atoms with Gasteiger partial charge in [-0.2, -0.15) is 0 Å². The number of amides is 1. The highest BCUT2D eigenvalue weighted by molar-refractivity contribution is 6.00. The molecule has 2 rings (SSSR count). The van der Waals surface area contributed by atoms with Gasteiger partial charge in [-0.15, -0.1) is 0 Å². The van der Waals surface area contributed by atoms with E-state index >= 15 is 0 Å². The fourth-order valence-corrected chi connectivity index (χ4v) is 2.44. The molecule has 0 bridgehead atoms. The molecule has 0 aliphatic carbocycles. The van der Waals surface area contributed by atoms with Gasteiger partial charge in [0.1, 0.15) is 5.75 Å². The molecule has 0 saturated heterocycles. The monoisotopic (exact) mass is 359 g/mol. The number of carboxylic acid groups (broad SMARTS) is 1. The predicted molar refractivity (Wildman–Crippen MR) is 96.5 cm³/mol. The van der Waals surface area contributed by atoms with Crippen molar-refractivity contribution in [2.75, 3.05) is 26.6 Å². The van der Waals surface area contributed by atoms with Crippen molar-refractivity contribution in [1.29, 1.82) is 0 Å². The lowest BCUT2D eigenvalue weighted by atomic mass is 10.1. The Hall–Kier alpha value is -3.22. The summed E-state index contributed by atoms with van der Waals surface area (Å²) in [4.78, 5) is 23.6. The summed E-state index contributed by atoms with van der Waals surface area (Å²) >= 11 is 0. The SMILES string of the molecule is COc1ccc(NC(=O)CCc2ccc(OC)c(OC)c2)c(C(=O)O)c1. The number of ether oxygens (including phenoxy) is 3. The Morgan fingerprint density at radius 1 is 0.962 bits per heavy atom. The lowest BCUT2D eigenvalue weighted by Crippen LogP contribution is -2.15. The summed E-state index contributed by atoms with van der Waals surface area (Å²) in [5, 5.41) is 11.9. The number of carbonyl (C=O) groups is 2. The van der Waals surface area contributed by atoms with Crippen LogP contribution in [0.1, 0.15) is 22.3 Å². The molecular formula is C19H21NO6. The molecule has 7 nitrogen and oxygen atoms in total. The van der Waals surface area contributed by atoms with Crippen LogP contribution in [0.2, 0.25) is 0 Å². The number of rotatable bonds is 8. The number of hydrogen-bond donors (Lipinski definition) is 2. The first-order valence-corrected chi connectivity index (χ1v) is 7.90. The molecule has 138 valence electrons. The molecule has 26 heavy (non-hydrogen) atoms. The average molecular weight is 359 g/mol. The highest BCUT2D eigenvalue weighted by Crippen LogP contribution is 2.28. The van der Waals surface area contributed by atoms with Crippen molar-refractivity contribution in [3.05, 3.63) is 47.5 Å². The largest absolute Gasteiger partial charge is 0.497 e. The average Bonchev–Trinajstić information content (AvgIpc) is 2.66. The van der Waals surface area contributed by atoms with E-state index in [1.54, 1.807) is 26.4 Å². The maximum Gasteiger partial charge on any atom is 0.337 e. The number of hydrogen-bond acceptors (Lipinski definition) is 5. The molecule has 2 N–H and O–H groups in total. The van der Waals surface area contributed by atoms with Crippen LogP contribution in [-0.4, -0.2) is 38.3 Å². The van der Waals surface area contributed by atoms with Crippen LogP contribution in [0.4, 0.5) is 5.69 Å². The second kappa shape index (κ2) is 8.75. The minimum atomic E-state index is -1.14. The third-order valence-electron chi connectivity index (χ3n) is 3.82. The Morgan fingerprint density at radius 3 is 2.31 bits per heavy atom. The van der Waals surface area contributed by atoms with Crippen molar-refractivity contribution in [1.82, 2.24) is 0 Å². The summed E-state index contributed by atoms with van der Waals surface area (Å²) in [5.74, 6) is 0.191. The number of nitrogens with one attached hydrogen (secondary N) is 1. The third-order valence-corrected chi connectivity index (χ3v) is 3.82. The van der Waals surface area contributed by atoms with E-state index < -0.39 is 5.97 Å². The van der Waals surface area contributed by atoms with E-state index in [4.69, 9.17) is 14.2 Å². The van der Waals surface area contributed by atoms with E-state index in [1.165, 1.54) is 19.2 Å². The molecule has 0 aromatic heterocycles. The standard InChI is InChI=1S/C19H21NO6/c1-24-13-6-7-15(14(11-13)19(22)23)20-18(21)9-5-12-4-8-16(25-2)17(10-12)26-3/h4,6-8,10-11H,5,9H2,1-3H3,(H,20,21)(H,22,23). The van der Waals surface area contributed by atoms with Gasteiger partial charge in [-0.05, 0) is 42.3 Å². The second-order valence-corrected chi connectivity index (χ2v) is 5.45. The molecule has 0 atom stereocenters. The smallest absolute Gasteiger partial charge is 0.337 e. The van der Waals surface area contributed by atoms with Gasteiger partial charge in [-0.3, -0.25) is 4.79 Å². The Morgan fingerprint density at radius 2 is 1.69 bits per heavy atom. The van der Waals surface area contributed by atoms with Gasteiger partial charge < -0.3 is 24.6 Å². The molecule has 0 fully saturated rings. The summed E-state index contributed by atoms with van der Waals surface area (Å²) in [6.45, 7) is 0. The number of carbonyl (C=O) groups excluding carboxylic acids is 1. The molecule has 0 radical (unpaired) electrons. The fraction of sp³-hybridized carbons (Fsp3) is 0.263. The Bertz CT molecular complexity index is 803. The molecule has 2 aromatic rings. The maximum atomic E-state index is 12.2. The molecule has 0 aliphatic heterocycles. The number of benzene rings is 2. The van der Waals surface area contributed by atoms with Crippen LogP contribution in [0.5, 0.6) is 17.2 Å². The Labute approximate surface area is 151 Å². The number of aromatic carboxylic acids is 1. The first-order valence-electron chi connectivity index (χ1n) is 7.90. The van der Waals surface area contributed by atoms with Crippen molar-refractivity contribution < 1.29 is 28.9 Å². The molecule has 0 unspecified atom stereocenters. The molecule has 1 amide bonds. The number of carboxylic acids is 1. The van der Waals surface area contributed by atoms with Gasteiger partial charge >= 0.3 is 5.97 Å². The second-order valence-electron chi connectivity index (χ2n) is 5.45. The Kier molecular flexibility index (Phi) is 6.43. The summed E-state index contributed by atoms with van der Waals surface area (Å²) in [7, 11) is 4.55. The zero-order valence-electron chi connectivity index (χ0n) is 14.9. The molecule has 0 saturated carbocycles. The van der Waals surface area contributed by atoms with Crippen LogP contribution in [0, 0.1) is 0 Å². The third kappa shape index (κ3) is 4.66. The van der Waals surface area contributed by atoms with Gasteiger partial charge in [0.25, 0.3) is 0 Å². The molecule has 0 aliphatic rings. The van der Waals surface area contributed by atoms with Crippen LogP contribution >= 0.6 is 0 Å². The molecular weight excluding hydrogens is 338 g/mol. The van der Waals surface area contributed by atoms with E-state index in [0.29, 0.717) is 23.7 Å². The van der Waals surface area contributed by atoms with Gasteiger partial charge in [0.15, 0.2) is 11.5 Å². The van der Waals surface area contributed by atoms with Crippen molar-refractivity contribution >= 4 is 17.6 Å². The van der Waals surface area contributed by atoms with E-state index in [1.807, 2.05) is 12.1 Å². The summed E-state index contributed by atoms with van der Waals surface area (Å²) in [6, 6.07) is 9.91. The summed E-state index contributed by atoms with van der Waals surface area (Å²) in [6.07, 6.45) is 0.672. The minimum Gasteiger partial charge on any atom is -0.497 e. The zero-order chi connectivity index (χ0) is 19.1. The first kappa shape index (κ1) is 19.1. The topological polar surface area (TPSA) is 94.1 Å². The van der Waals surface area contributed by atoms with E-state index in [2.05, 4.69) is 5.32 Å². The van der Waals surface area contributed by atoms with E-state index in [0.717, 1.165) is 5.56 Å². The van der Waals surface area contributed by atoms with E-state index in [9.17, 15) is 14.7 Å². The van der Waals surface area contributed by atoms with Crippen LogP contribution in [-0.2, 0) is 11.2 Å². The van der Waals surface area contributed by atoms with Crippen LogP contribution in [0.25, 0.3) is 0 Å². The number of aryl methyl sites for hydroxylation is 1. The van der Waals surface area contributed by atoms with Crippen molar-refractivity contribution in [3.8, 4) is 17.2 Å². The van der Waals surface area contributed by atoms with Gasteiger partial charge in [-0.1, -0.05) is 6.07 Å². The highest BCUT2D eigenvalue weighted by atomic mass is 16.5. The van der Waals surface area contributed by atoms with Crippen molar-refractivity contribution in [3.63, 3.8) is 0 Å². The highest BCUT2D eigenvalue weighted by Gasteiger charge is 2.14. The maximum absolute atomic E-state index is 12.2. The van der Waals surface area contributed by atoms with Crippen LogP contribution in [0.15, 0.2) is 36.4 Å². The lowest BCUT2D eigenvalue weighted by molar-refractivity contribution is -0.116. The molecule has 0 heterocycles. The van der Waals surface area contributed by atoms with Gasteiger partial charge in [-0.25, -0.2) is 4.79 Å². The van der Waals surface area contributed by atoms with Crippen LogP contribution in [0.3, 0.4) is 0 Å². The zero-order valence-corrected chi connectivity index (χ0v) is 14.9. The predicted octanol–water partition coefficient (Wildman–Crippen LogP) is 2.98. The summed E-state index contributed by atoms with van der Waals surface area (Å²) in [5.41, 5.74) is 1.12. The normalized spacial score (nSPS) is 10.1. The van der Waals surface area contributed by atoms with Crippen molar-refractivity contribution in [2.24, 2.45) is 0 Å². The molecule has 7 heteroatoms.